The lowest BCUT2D eigenvalue weighted by atomic mass is 10.0. The fourth-order valence-electron chi connectivity index (χ4n) is 2.89. The molecule has 1 fully saturated rings. The Morgan fingerprint density at radius 3 is 2.47 bits per heavy atom. The van der Waals surface area contributed by atoms with Gasteiger partial charge in [-0.3, -0.25) is 4.90 Å². The van der Waals surface area contributed by atoms with E-state index in [-0.39, 0.29) is 0 Å². The molecule has 4 nitrogen and oxygen atoms in total. The standard InChI is InChI=1S/C14H30N2O2S/c1-4-7-13-12-16(9-6-10-19(3,17)18)14(8-5-2)11-15-13/h13-15H,4-12H2,1-3H3. The highest BCUT2D eigenvalue weighted by Crippen LogP contribution is 2.15. The van der Waals surface area contributed by atoms with E-state index in [2.05, 4.69) is 24.1 Å². The van der Waals surface area contributed by atoms with Crippen LogP contribution in [0.4, 0.5) is 0 Å². The molecular formula is C14H30N2O2S. The summed E-state index contributed by atoms with van der Waals surface area (Å²) < 4.78 is 22.4. The van der Waals surface area contributed by atoms with Gasteiger partial charge in [0.25, 0.3) is 0 Å². The molecule has 0 aromatic carbocycles. The van der Waals surface area contributed by atoms with Crippen LogP contribution in [0.5, 0.6) is 0 Å². The van der Waals surface area contributed by atoms with Gasteiger partial charge in [0, 0.05) is 31.4 Å². The molecule has 0 bridgehead atoms. The fourth-order valence-corrected chi connectivity index (χ4v) is 3.55. The molecule has 1 N–H and O–H groups in total. The maximum absolute atomic E-state index is 11.2. The fraction of sp³-hybridized carbons (Fsp3) is 1.00. The van der Waals surface area contributed by atoms with Gasteiger partial charge < -0.3 is 5.32 Å². The Hall–Kier alpha value is -0.130. The van der Waals surface area contributed by atoms with E-state index in [0.29, 0.717) is 17.8 Å². The Labute approximate surface area is 118 Å². The minimum absolute atomic E-state index is 0.314. The van der Waals surface area contributed by atoms with Crippen molar-refractivity contribution in [2.24, 2.45) is 0 Å². The van der Waals surface area contributed by atoms with Crippen LogP contribution in [-0.4, -0.2) is 57.0 Å². The third-order valence-corrected chi connectivity index (χ3v) is 4.86. The molecule has 0 aromatic rings. The maximum atomic E-state index is 11.2. The second kappa shape index (κ2) is 8.22. The van der Waals surface area contributed by atoms with Crippen molar-refractivity contribution < 1.29 is 8.42 Å². The molecule has 0 amide bonds. The van der Waals surface area contributed by atoms with E-state index in [1.165, 1.54) is 31.9 Å². The summed E-state index contributed by atoms with van der Waals surface area (Å²) >= 11 is 0. The van der Waals surface area contributed by atoms with Gasteiger partial charge in [0.1, 0.15) is 9.84 Å². The van der Waals surface area contributed by atoms with Gasteiger partial charge in [-0.2, -0.15) is 0 Å². The molecule has 2 unspecified atom stereocenters. The molecule has 0 aliphatic carbocycles. The van der Waals surface area contributed by atoms with E-state index in [0.717, 1.165) is 26.1 Å². The van der Waals surface area contributed by atoms with Crippen molar-refractivity contribution in [1.29, 1.82) is 0 Å². The molecule has 2 atom stereocenters. The van der Waals surface area contributed by atoms with Gasteiger partial charge in [0.2, 0.25) is 0 Å². The summed E-state index contributed by atoms with van der Waals surface area (Å²) in [6.07, 6.45) is 6.89. The molecule has 0 radical (unpaired) electrons. The predicted octanol–water partition coefficient (Wildman–Crippen LogP) is 1.66. The van der Waals surface area contributed by atoms with Crippen molar-refractivity contribution in [3.8, 4) is 0 Å². The lowest BCUT2D eigenvalue weighted by molar-refractivity contribution is 0.119. The van der Waals surface area contributed by atoms with Gasteiger partial charge in [-0.25, -0.2) is 8.42 Å². The van der Waals surface area contributed by atoms with Crippen LogP contribution in [-0.2, 0) is 9.84 Å². The molecular weight excluding hydrogens is 260 g/mol. The minimum Gasteiger partial charge on any atom is -0.311 e. The number of hydrogen-bond donors (Lipinski definition) is 1. The zero-order valence-electron chi connectivity index (χ0n) is 12.7. The summed E-state index contributed by atoms with van der Waals surface area (Å²) in [6, 6.07) is 1.16. The average Bonchev–Trinajstić information content (AvgIpc) is 2.31. The maximum Gasteiger partial charge on any atom is 0.147 e. The third kappa shape index (κ3) is 6.72. The largest absolute Gasteiger partial charge is 0.311 e. The number of nitrogens with zero attached hydrogens (tertiary/aromatic N) is 1. The molecule has 1 aliphatic rings. The molecule has 0 saturated carbocycles. The van der Waals surface area contributed by atoms with Gasteiger partial charge in [-0.1, -0.05) is 26.7 Å². The second-order valence-corrected chi connectivity index (χ2v) is 8.07. The van der Waals surface area contributed by atoms with Gasteiger partial charge in [0.15, 0.2) is 0 Å². The van der Waals surface area contributed by atoms with Crippen molar-refractivity contribution in [1.82, 2.24) is 10.2 Å². The third-order valence-electron chi connectivity index (χ3n) is 3.83. The first-order valence-corrected chi connectivity index (χ1v) is 9.67. The van der Waals surface area contributed by atoms with Crippen LogP contribution in [0.3, 0.4) is 0 Å². The predicted molar refractivity (Wildman–Crippen MR) is 81.3 cm³/mol. The lowest BCUT2D eigenvalue weighted by Gasteiger charge is -2.40. The van der Waals surface area contributed by atoms with E-state index in [1.54, 1.807) is 0 Å². The first-order valence-electron chi connectivity index (χ1n) is 7.61. The van der Waals surface area contributed by atoms with Crippen LogP contribution < -0.4 is 5.32 Å². The highest BCUT2D eigenvalue weighted by Gasteiger charge is 2.26. The van der Waals surface area contributed by atoms with Gasteiger partial charge in [0.05, 0.1) is 5.75 Å². The Kier molecular flexibility index (Phi) is 7.32. The zero-order valence-corrected chi connectivity index (χ0v) is 13.5. The van der Waals surface area contributed by atoms with Crippen molar-refractivity contribution in [3.05, 3.63) is 0 Å². The van der Waals surface area contributed by atoms with Crippen molar-refractivity contribution in [2.45, 2.75) is 58.0 Å². The first kappa shape index (κ1) is 16.9. The van der Waals surface area contributed by atoms with Crippen LogP contribution in [0.15, 0.2) is 0 Å². The number of hydrogen-bond acceptors (Lipinski definition) is 4. The van der Waals surface area contributed by atoms with Gasteiger partial charge in [-0.05, 0) is 25.8 Å². The zero-order chi connectivity index (χ0) is 14.3. The average molecular weight is 290 g/mol. The first-order chi connectivity index (χ1) is 8.96. The van der Waals surface area contributed by atoms with Crippen LogP contribution >= 0.6 is 0 Å². The molecule has 5 heteroatoms. The highest BCUT2D eigenvalue weighted by molar-refractivity contribution is 7.90. The highest BCUT2D eigenvalue weighted by atomic mass is 32.2. The Balaban J connectivity index is 2.46. The lowest BCUT2D eigenvalue weighted by Crippen LogP contribution is -2.56. The van der Waals surface area contributed by atoms with Gasteiger partial charge >= 0.3 is 0 Å². The number of rotatable bonds is 8. The Morgan fingerprint density at radius 1 is 1.21 bits per heavy atom. The van der Waals surface area contributed by atoms with E-state index in [1.807, 2.05) is 0 Å². The molecule has 1 aliphatic heterocycles. The van der Waals surface area contributed by atoms with Crippen molar-refractivity contribution in [3.63, 3.8) is 0 Å². The normalized spacial score (nSPS) is 25.6. The quantitative estimate of drug-likeness (QED) is 0.739. The van der Waals surface area contributed by atoms with Crippen molar-refractivity contribution >= 4 is 9.84 Å². The van der Waals surface area contributed by atoms with E-state index in [4.69, 9.17) is 0 Å². The van der Waals surface area contributed by atoms with E-state index >= 15 is 0 Å². The summed E-state index contributed by atoms with van der Waals surface area (Å²) in [5.74, 6) is 0.314. The molecule has 0 spiro atoms. The summed E-state index contributed by atoms with van der Waals surface area (Å²) in [7, 11) is -2.82. The molecule has 1 rings (SSSR count). The second-order valence-electron chi connectivity index (χ2n) is 5.81. The van der Waals surface area contributed by atoms with E-state index in [9.17, 15) is 8.42 Å². The molecule has 0 aromatic heterocycles. The SMILES string of the molecule is CCCC1CN(CCCS(C)(=O)=O)C(CCC)CN1. The summed E-state index contributed by atoms with van der Waals surface area (Å²) in [4.78, 5) is 2.51. The summed E-state index contributed by atoms with van der Waals surface area (Å²) in [5.41, 5.74) is 0. The number of piperazine rings is 1. The molecule has 1 heterocycles. The van der Waals surface area contributed by atoms with Gasteiger partial charge in [-0.15, -0.1) is 0 Å². The van der Waals surface area contributed by atoms with Crippen LogP contribution in [0.25, 0.3) is 0 Å². The molecule has 19 heavy (non-hydrogen) atoms. The van der Waals surface area contributed by atoms with E-state index < -0.39 is 9.84 Å². The molecule has 114 valence electrons. The summed E-state index contributed by atoms with van der Waals surface area (Å²) in [6.45, 7) is 7.47. The minimum atomic E-state index is -2.82. The Morgan fingerprint density at radius 2 is 1.89 bits per heavy atom. The van der Waals surface area contributed by atoms with Crippen LogP contribution in [0, 0.1) is 0 Å². The Bertz CT molecular complexity index is 343. The van der Waals surface area contributed by atoms with Crippen molar-refractivity contribution in [2.75, 3.05) is 31.6 Å². The smallest absolute Gasteiger partial charge is 0.147 e. The monoisotopic (exact) mass is 290 g/mol. The van der Waals surface area contributed by atoms with Crippen LogP contribution in [0.2, 0.25) is 0 Å². The topological polar surface area (TPSA) is 49.4 Å². The number of sulfone groups is 1. The number of nitrogens with one attached hydrogen (secondary N) is 1. The molecule has 1 saturated heterocycles. The summed E-state index contributed by atoms with van der Waals surface area (Å²) in [5, 5.41) is 3.63. The van der Waals surface area contributed by atoms with Crippen LogP contribution in [0.1, 0.15) is 46.0 Å².